The van der Waals surface area contributed by atoms with Crippen LogP contribution in [0.2, 0.25) is 5.02 Å². The number of unbranched alkanes of at least 4 members (excludes halogenated alkanes) is 3. The molecule has 0 aliphatic carbocycles. The number of pyridine rings is 1. The summed E-state index contributed by atoms with van der Waals surface area (Å²) in [5.74, 6) is 0.672. The second-order valence-electron chi connectivity index (χ2n) is 4.98. The quantitative estimate of drug-likeness (QED) is 0.775. The van der Waals surface area contributed by atoms with Crippen LogP contribution in [0.4, 0.5) is 5.95 Å². The van der Waals surface area contributed by atoms with E-state index in [9.17, 15) is 0 Å². The molecule has 1 unspecified atom stereocenters. The van der Waals surface area contributed by atoms with E-state index in [-0.39, 0.29) is 0 Å². The number of hydrogen-bond donors (Lipinski definition) is 1. The fourth-order valence-corrected chi connectivity index (χ4v) is 2.24. The fraction of sp³-hybridized carbons (Fsp3) is 0.571. The molecule has 2 aromatic heterocycles. The molecule has 0 aliphatic heterocycles. The average Bonchev–Trinajstić information content (AvgIpc) is 2.76. The molecule has 1 N–H and O–H groups in total. The van der Waals surface area contributed by atoms with Crippen molar-refractivity contribution in [3.8, 4) is 0 Å². The van der Waals surface area contributed by atoms with Crippen LogP contribution in [0.3, 0.4) is 0 Å². The molecule has 1 atom stereocenters. The lowest BCUT2D eigenvalue weighted by molar-refractivity contribution is 0.591. The highest BCUT2D eigenvalue weighted by Gasteiger charge is 2.07. The molecule has 0 radical (unpaired) electrons. The van der Waals surface area contributed by atoms with E-state index in [1.165, 1.54) is 25.7 Å². The van der Waals surface area contributed by atoms with Crippen LogP contribution >= 0.6 is 11.6 Å². The third-order valence-corrected chi connectivity index (χ3v) is 3.38. The normalized spacial score (nSPS) is 12.8. The van der Waals surface area contributed by atoms with E-state index in [2.05, 4.69) is 29.2 Å². The Morgan fingerprint density at radius 2 is 2.16 bits per heavy atom. The lowest BCUT2D eigenvalue weighted by Gasteiger charge is -2.11. The Morgan fingerprint density at radius 3 is 2.95 bits per heavy atom. The molecule has 2 rings (SSSR count). The first-order chi connectivity index (χ1) is 9.19. The van der Waals surface area contributed by atoms with Gasteiger partial charge in [-0.05, 0) is 25.5 Å². The van der Waals surface area contributed by atoms with E-state index in [1.54, 1.807) is 10.7 Å². The summed E-state index contributed by atoms with van der Waals surface area (Å²) in [6.07, 6.45) is 8.06. The maximum absolute atomic E-state index is 5.92. The molecular weight excluding hydrogens is 260 g/mol. The number of halogens is 1. The van der Waals surface area contributed by atoms with Gasteiger partial charge in [-0.25, -0.2) is 4.52 Å². The van der Waals surface area contributed by atoms with E-state index in [0.29, 0.717) is 17.0 Å². The minimum atomic E-state index is 0.393. The van der Waals surface area contributed by atoms with E-state index in [0.717, 1.165) is 12.1 Å². The first kappa shape index (κ1) is 14.1. The van der Waals surface area contributed by atoms with E-state index in [4.69, 9.17) is 11.6 Å². The van der Waals surface area contributed by atoms with Crippen molar-refractivity contribution < 1.29 is 0 Å². The first-order valence-corrected chi connectivity index (χ1v) is 7.35. The van der Waals surface area contributed by atoms with Crippen LogP contribution in [0.1, 0.15) is 46.0 Å². The number of nitrogens with one attached hydrogen (secondary N) is 1. The van der Waals surface area contributed by atoms with Gasteiger partial charge < -0.3 is 5.32 Å². The highest BCUT2D eigenvalue weighted by Crippen LogP contribution is 2.13. The molecule has 0 saturated carbocycles. The molecule has 2 aromatic rings. The summed E-state index contributed by atoms with van der Waals surface area (Å²) in [4.78, 5) is 4.42. The summed E-state index contributed by atoms with van der Waals surface area (Å²) >= 11 is 5.92. The molecule has 0 aliphatic rings. The summed E-state index contributed by atoms with van der Waals surface area (Å²) in [6, 6.07) is 4.08. The monoisotopic (exact) mass is 280 g/mol. The number of aromatic nitrogens is 3. The van der Waals surface area contributed by atoms with Crippen molar-refractivity contribution in [3.63, 3.8) is 0 Å². The van der Waals surface area contributed by atoms with Crippen LogP contribution in [0.5, 0.6) is 0 Å². The van der Waals surface area contributed by atoms with Gasteiger partial charge in [0.2, 0.25) is 5.95 Å². The number of hydrogen-bond acceptors (Lipinski definition) is 3. The molecule has 104 valence electrons. The van der Waals surface area contributed by atoms with Crippen molar-refractivity contribution >= 4 is 23.2 Å². The van der Waals surface area contributed by atoms with Gasteiger partial charge in [0.25, 0.3) is 0 Å². The number of fused-ring (bicyclic) bond motifs is 1. The molecule has 5 heteroatoms. The van der Waals surface area contributed by atoms with Crippen LogP contribution in [-0.4, -0.2) is 20.6 Å². The maximum Gasteiger partial charge on any atom is 0.243 e. The van der Waals surface area contributed by atoms with Crippen molar-refractivity contribution in [2.45, 2.75) is 52.0 Å². The van der Waals surface area contributed by atoms with Crippen LogP contribution in [0, 0.1) is 0 Å². The van der Waals surface area contributed by atoms with E-state index >= 15 is 0 Å². The number of rotatable bonds is 7. The predicted octanol–water partition coefficient (Wildman–Crippen LogP) is 4.15. The van der Waals surface area contributed by atoms with Crippen LogP contribution < -0.4 is 5.32 Å². The topological polar surface area (TPSA) is 42.2 Å². The summed E-state index contributed by atoms with van der Waals surface area (Å²) in [7, 11) is 0. The van der Waals surface area contributed by atoms with Crippen molar-refractivity contribution in [1.82, 2.24) is 14.6 Å². The summed E-state index contributed by atoms with van der Waals surface area (Å²) < 4.78 is 1.70. The highest BCUT2D eigenvalue weighted by molar-refractivity contribution is 6.30. The molecule has 4 nitrogen and oxygen atoms in total. The molecule has 0 spiro atoms. The van der Waals surface area contributed by atoms with Gasteiger partial charge >= 0.3 is 0 Å². The third-order valence-electron chi connectivity index (χ3n) is 3.16. The number of anilines is 1. The van der Waals surface area contributed by atoms with Gasteiger partial charge in [0.1, 0.15) is 0 Å². The van der Waals surface area contributed by atoms with Gasteiger partial charge in [0, 0.05) is 12.2 Å². The van der Waals surface area contributed by atoms with Crippen molar-refractivity contribution in [1.29, 1.82) is 0 Å². The second-order valence-corrected chi connectivity index (χ2v) is 5.42. The molecule has 0 amide bonds. The predicted molar refractivity (Wildman–Crippen MR) is 79.8 cm³/mol. The maximum atomic E-state index is 5.92. The van der Waals surface area contributed by atoms with Gasteiger partial charge in [0.15, 0.2) is 5.65 Å². The largest absolute Gasteiger partial charge is 0.350 e. The Morgan fingerprint density at radius 1 is 1.32 bits per heavy atom. The zero-order chi connectivity index (χ0) is 13.7. The van der Waals surface area contributed by atoms with Gasteiger partial charge in [-0.1, -0.05) is 44.2 Å². The van der Waals surface area contributed by atoms with Crippen LogP contribution in [0.15, 0.2) is 18.3 Å². The SMILES string of the molecule is CCCCCCC(C)Nc1nc2ccc(Cl)cn2n1. The molecule has 19 heavy (non-hydrogen) atoms. The summed E-state index contributed by atoms with van der Waals surface area (Å²) in [6.45, 7) is 4.40. The minimum absolute atomic E-state index is 0.393. The standard InChI is InChI=1S/C14H21ClN4/c1-3-4-5-6-7-11(2)16-14-17-13-9-8-12(15)10-19(13)18-14/h8-11H,3-7H2,1-2H3,(H,16,18). The summed E-state index contributed by atoms with van der Waals surface area (Å²) in [5.41, 5.74) is 0.810. The molecule has 0 fully saturated rings. The zero-order valence-corrected chi connectivity index (χ0v) is 12.3. The average molecular weight is 281 g/mol. The second kappa shape index (κ2) is 6.75. The van der Waals surface area contributed by atoms with Gasteiger partial charge in [-0.15, -0.1) is 5.10 Å². The smallest absolute Gasteiger partial charge is 0.243 e. The van der Waals surface area contributed by atoms with Crippen molar-refractivity contribution in [3.05, 3.63) is 23.4 Å². The highest BCUT2D eigenvalue weighted by atomic mass is 35.5. The molecular formula is C14H21ClN4. The van der Waals surface area contributed by atoms with Crippen LogP contribution in [-0.2, 0) is 0 Å². The lowest BCUT2D eigenvalue weighted by Crippen LogP contribution is -2.15. The van der Waals surface area contributed by atoms with E-state index in [1.807, 2.05) is 12.1 Å². The first-order valence-electron chi connectivity index (χ1n) is 6.97. The van der Waals surface area contributed by atoms with Crippen molar-refractivity contribution in [2.24, 2.45) is 0 Å². The van der Waals surface area contributed by atoms with Gasteiger partial charge in [-0.3, -0.25) is 0 Å². The Bertz CT molecular complexity index is 523. The molecule has 2 heterocycles. The zero-order valence-electron chi connectivity index (χ0n) is 11.6. The van der Waals surface area contributed by atoms with Gasteiger partial charge in [0.05, 0.1) is 5.02 Å². The Labute approximate surface area is 119 Å². The van der Waals surface area contributed by atoms with Gasteiger partial charge in [-0.2, -0.15) is 4.98 Å². The third kappa shape index (κ3) is 4.10. The Hall–Kier alpha value is -1.29. The van der Waals surface area contributed by atoms with Crippen LogP contribution in [0.25, 0.3) is 5.65 Å². The van der Waals surface area contributed by atoms with E-state index < -0.39 is 0 Å². The van der Waals surface area contributed by atoms with Crippen molar-refractivity contribution in [2.75, 3.05) is 5.32 Å². The molecule has 0 aromatic carbocycles. The lowest BCUT2D eigenvalue weighted by atomic mass is 10.1. The molecule has 0 saturated heterocycles. The molecule has 0 bridgehead atoms. The number of nitrogens with zero attached hydrogens (tertiary/aromatic N) is 3. The summed E-state index contributed by atoms with van der Waals surface area (Å²) in [5, 5.41) is 8.37. The Balaban J connectivity index is 1.89. The fourth-order valence-electron chi connectivity index (χ4n) is 2.09. The minimum Gasteiger partial charge on any atom is -0.350 e. The Kier molecular flexibility index (Phi) is 5.02.